The molecule has 0 aliphatic carbocycles. The molecule has 15 heavy (non-hydrogen) atoms. The molecule has 1 amide bonds. The number of hydrogen-bond acceptors (Lipinski definition) is 2. The lowest BCUT2D eigenvalue weighted by atomic mass is 10.2. The van der Waals surface area contributed by atoms with Crippen LogP contribution >= 0.6 is 23.8 Å². The topological polar surface area (TPSA) is 53.2 Å². The number of thiocarbonyl (C=S) groups is 1. The molecule has 3 N–H and O–H groups in total. The standard InChI is InChI=1S/C9H10ClN3OS/c1-11-9(15)13-12-8(14)6-2-4-7(10)5-3-6/h2-5H,1H3,(H,12,14)(H2,11,13,15). The molecule has 1 rings (SSSR count). The first kappa shape index (κ1) is 11.7. The van der Waals surface area contributed by atoms with Gasteiger partial charge in [-0.3, -0.25) is 15.6 Å². The molecule has 0 saturated carbocycles. The van der Waals surface area contributed by atoms with Crippen LogP contribution in [0.4, 0.5) is 0 Å². The van der Waals surface area contributed by atoms with Crippen LogP contribution in [0.25, 0.3) is 0 Å². The predicted molar refractivity (Wildman–Crippen MR) is 63.7 cm³/mol. The fourth-order valence-corrected chi connectivity index (χ4v) is 1.03. The summed E-state index contributed by atoms with van der Waals surface area (Å²) in [6.07, 6.45) is 0. The average molecular weight is 244 g/mol. The van der Waals surface area contributed by atoms with Crippen molar-refractivity contribution < 1.29 is 4.79 Å². The molecule has 0 aliphatic heterocycles. The molecule has 0 saturated heterocycles. The Bertz CT molecular complexity index is 366. The number of nitrogens with one attached hydrogen (secondary N) is 3. The van der Waals surface area contributed by atoms with Crippen molar-refractivity contribution in [3.05, 3.63) is 34.9 Å². The summed E-state index contributed by atoms with van der Waals surface area (Å²) in [4.78, 5) is 11.5. The average Bonchev–Trinajstić information content (AvgIpc) is 2.26. The van der Waals surface area contributed by atoms with Crippen molar-refractivity contribution in [3.8, 4) is 0 Å². The molecule has 0 aromatic heterocycles. The van der Waals surface area contributed by atoms with Gasteiger partial charge in [0.25, 0.3) is 5.91 Å². The van der Waals surface area contributed by atoms with Gasteiger partial charge in [0, 0.05) is 17.6 Å². The van der Waals surface area contributed by atoms with E-state index in [0.717, 1.165) is 0 Å². The number of halogens is 1. The van der Waals surface area contributed by atoms with Crippen LogP contribution in [-0.4, -0.2) is 18.1 Å². The normalized spacial score (nSPS) is 9.20. The Labute approximate surface area is 98.0 Å². The van der Waals surface area contributed by atoms with Crippen LogP contribution in [0.2, 0.25) is 5.02 Å². The monoisotopic (exact) mass is 243 g/mol. The second kappa shape index (κ2) is 5.53. The summed E-state index contributed by atoms with van der Waals surface area (Å²) in [6.45, 7) is 0. The first-order valence-electron chi connectivity index (χ1n) is 4.17. The zero-order valence-corrected chi connectivity index (χ0v) is 9.58. The number of carbonyl (C=O) groups is 1. The van der Waals surface area contributed by atoms with Crippen molar-refractivity contribution in [1.82, 2.24) is 16.2 Å². The summed E-state index contributed by atoms with van der Waals surface area (Å²) in [5, 5.41) is 3.60. The molecule has 0 radical (unpaired) electrons. The Morgan fingerprint density at radius 2 is 1.87 bits per heavy atom. The smallest absolute Gasteiger partial charge is 0.269 e. The Kier molecular flexibility index (Phi) is 4.33. The summed E-state index contributed by atoms with van der Waals surface area (Å²) in [5.74, 6) is -0.274. The van der Waals surface area contributed by atoms with E-state index in [9.17, 15) is 4.79 Å². The number of hydrogen-bond donors (Lipinski definition) is 3. The maximum atomic E-state index is 11.5. The van der Waals surface area contributed by atoms with Crippen molar-refractivity contribution in [1.29, 1.82) is 0 Å². The van der Waals surface area contributed by atoms with E-state index in [4.69, 9.17) is 23.8 Å². The minimum atomic E-state index is -0.274. The van der Waals surface area contributed by atoms with E-state index in [1.54, 1.807) is 31.3 Å². The van der Waals surface area contributed by atoms with E-state index in [1.807, 2.05) is 0 Å². The first-order chi connectivity index (χ1) is 7.13. The van der Waals surface area contributed by atoms with Crippen molar-refractivity contribution in [2.75, 3.05) is 7.05 Å². The second-order valence-electron chi connectivity index (χ2n) is 2.67. The third kappa shape index (κ3) is 3.73. The maximum Gasteiger partial charge on any atom is 0.269 e. The quantitative estimate of drug-likeness (QED) is 0.510. The Hall–Kier alpha value is -1.33. The molecule has 4 nitrogen and oxygen atoms in total. The first-order valence-corrected chi connectivity index (χ1v) is 4.95. The molecule has 1 aromatic rings. The number of amides is 1. The molecule has 0 bridgehead atoms. The van der Waals surface area contributed by atoms with Crippen LogP contribution in [0.1, 0.15) is 10.4 Å². The highest BCUT2D eigenvalue weighted by atomic mass is 35.5. The van der Waals surface area contributed by atoms with Crippen LogP contribution in [-0.2, 0) is 0 Å². The molecule has 6 heteroatoms. The zero-order valence-electron chi connectivity index (χ0n) is 8.00. The summed E-state index contributed by atoms with van der Waals surface area (Å²) >= 11 is 10.5. The number of carbonyl (C=O) groups excluding carboxylic acids is 1. The molecule has 80 valence electrons. The number of benzene rings is 1. The van der Waals surface area contributed by atoms with Crippen molar-refractivity contribution in [2.45, 2.75) is 0 Å². The van der Waals surface area contributed by atoms with Crippen LogP contribution in [0.5, 0.6) is 0 Å². The highest BCUT2D eigenvalue weighted by Gasteiger charge is 2.04. The lowest BCUT2D eigenvalue weighted by Gasteiger charge is -2.08. The molecule has 0 heterocycles. The molecule has 0 fully saturated rings. The highest BCUT2D eigenvalue weighted by molar-refractivity contribution is 7.80. The summed E-state index contributed by atoms with van der Waals surface area (Å²) < 4.78 is 0. The van der Waals surface area contributed by atoms with Gasteiger partial charge in [-0.15, -0.1) is 0 Å². The molecule has 0 spiro atoms. The van der Waals surface area contributed by atoms with Crippen molar-refractivity contribution >= 4 is 34.8 Å². The maximum absolute atomic E-state index is 11.5. The van der Waals surface area contributed by atoms with Gasteiger partial charge < -0.3 is 5.32 Å². The number of hydrazine groups is 1. The third-order valence-electron chi connectivity index (χ3n) is 1.62. The van der Waals surface area contributed by atoms with Gasteiger partial charge in [-0.1, -0.05) is 11.6 Å². The highest BCUT2D eigenvalue weighted by Crippen LogP contribution is 2.08. The SMILES string of the molecule is CNC(=S)NNC(=O)c1ccc(Cl)cc1. The lowest BCUT2D eigenvalue weighted by molar-refractivity contribution is 0.0944. The molecular formula is C9H10ClN3OS. The number of rotatable bonds is 1. The molecule has 0 aliphatic rings. The Balaban J connectivity index is 2.54. The zero-order chi connectivity index (χ0) is 11.3. The van der Waals surface area contributed by atoms with Gasteiger partial charge in [0.15, 0.2) is 5.11 Å². The van der Waals surface area contributed by atoms with E-state index in [2.05, 4.69) is 16.2 Å². The van der Waals surface area contributed by atoms with Gasteiger partial charge in [0.1, 0.15) is 0 Å². The van der Waals surface area contributed by atoms with Gasteiger partial charge in [-0.2, -0.15) is 0 Å². The second-order valence-corrected chi connectivity index (χ2v) is 3.51. The Morgan fingerprint density at radius 3 is 2.40 bits per heavy atom. The van der Waals surface area contributed by atoms with Crippen molar-refractivity contribution in [3.63, 3.8) is 0 Å². The van der Waals surface area contributed by atoms with E-state index < -0.39 is 0 Å². The van der Waals surface area contributed by atoms with Crippen LogP contribution in [0, 0.1) is 0 Å². The molecule has 0 atom stereocenters. The van der Waals surface area contributed by atoms with E-state index in [-0.39, 0.29) is 5.91 Å². The van der Waals surface area contributed by atoms with Crippen LogP contribution < -0.4 is 16.2 Å². The third-order valence-corrected chi connectivity index (χ3v) is 2.18. The summed E-state index contributed by atoms with van der Waals surface area (Å²) in [6, 6.07) is 6.54. The largest absolute Gasteiger partial charge is 0.364 e. The van der Waals surface area contributed by atoms with Gasteiger partial charge in [-0.25, -0.2) is 0 Å². The van der Waals surface area contributed by atoms with Crippen LogP contribution in [0.15, 0.2) is 24.3 Å². The van der Waals surface area contributed by atoms with Crippen molar-refractivity contribution in [2.24, 2.45) is 0 Å². The molecular weight excluding hydrogens is 234 g/mol. The van der Waals surface area contributed by atoms with Crippen LogP contribution in [0.3, 0.4) is 0 Å². The fraction of sp³-hybridized carbons (Fsp3) is 0.111. The minimum absolute atomic E-state index is 0.274. The van der Waals surface area contributed by atoms with E-state index in [0.29, 0.717) is 15.7 Å². The van der Waals surface area contributed by atoms with Gasteiger partial charge in [0.05, 0.1) is 0 Å². The molecule has 0 unspecified atom stereocenters. The Morgan fingerprint density at radius 1 is 1.27 bits per heavy atom. The van der Waals surface area contributed by atoms with E-state index in [1.165, 1.54) is 0 Å². The van der Waals surface area contributed by atoms with Gasteiger partial charge >= 0.3 is 0 Å². The minimum Gasteiger partial charge on any atom is -0.364 e. The van der Waals surface area contributed by atoms with Gasteiger partial charge in [-0.05, 0) is 36.5 Å². The summed E-state index contributed by atoms with van der Waals surface area (Å²) in [5.41, 5.74) is 5.47. The lowest BCUT2D eigenvalue weighted by Crippen LogP contribution is -2.45. The van der Waals surface area contributed by atoms with E-state index >= 15 is 0 Å². The molecule has 1 aromatic carbocycles. The summed E-state index contributed by atoms with van der Waals surface area (Å²) in [7, 11) is 1.66. The van der Waals surface area contributed by atoms with Gasteiger partial charge in [0.2, 0.25) is 0 Å². The fourth-order valence-electron chi connectivity index (χ4n) is 0.849. The predicted octanol–water partition coefficient (Wildman–Crippen LogP) is 1.08.